The van der Waals surface area contributed by atoms with Gasteiger partial charge in [-0.1, -0.05) is 35.9 Å². The van der Waals surface area contributed by atoms with E-state index in [2.05, 4.69) is 0 Å². The largest absolute Gasteiger partial charge is 0.493 e. The van der Waals surface area contributed by atoms with Crippen molar-refractivity contribution in [3.8, 4) is 11.5 Å². The van der Waals surface area contributed by atoms with Crippen LogP contribution in [0, 0.1) is 0 Å². The number of carbonyl (C=O) groups is 2. The molecule has 0 radical (unpaired) electrons. The molecule has 0 N–H and O–H groups in total. The van der Waals surface area contributed by atoms with Crippen LogP contribution in [-0.4, -0.2) is 24.8 Å². The average molecular weight is 403 g/mol. The monoisotopic (exact) mass is 402 g/mol. The Bertz CT molecular complexity index is 926. The van der Waals surface area contributed by atoms with E-state index in [1.165, 1.54) is 27.0 Å². The number of hydrogen-bond donors (Lipinski definition) is 0. The van der Waals surface area contributed by atoms with Gasteiger partial charge in [-0.25, -0.2) is 9.59 Å². The first kappa shape index (κ1) is 19.8. The minimum absolute atomic E-state index is 0.221. The van der Waals surface area contributed by atoms with Gasteiger partial charge in [0.05, 0.1) is 7.11 Å². The maximum absolute atomic E-state index is 12.2. The molecular formula is C21H19ClO6. The fourth-order valence-corrected chi connectivity index (χ4v) is 2.89. The number of rotatable bonds is 5. The first-order chi connectivity index (χ1) is 13.3. The number of para-hydroxylation sites is 1. The fourth-order valence-electron chi connectivity index (χ4n) is 2.68. The Labute approximate surface area is 167 Å². The van der Waals surface area contributed by atoms with Gasteiger partial charge in [-0.15, -0.1) is 0 Å². The number of ether oxygens (including phenoxy) is 4. The number of halogens is 1. The highest BCUT2D eigenvalue weighted by Gasteiger charge is 2.39. The number of methoxy groups -OCH3 is 1. The van der Waals surface area contributed by atoms with Crippen LogP contribution in [-0.2, 0) is 25.7 Å². The molecule has 1 heterocycles. The molecule has 0 saturated carbocycles. The second kappa shape index (κ2) is 7.94. The van der Waals surface area contributed by atoms with E-state index < -0.39 is 17.7 Å². The summed E-state index contributed by atoms with van der Waals surface area (Å²) in [6.45, 7) is 3.20. The lowest BCUT2D eigenvalue weighted by atomic mass is 10.1. The van der Waals surface area contributed by atoms with Crippen molar-refractivity contribution in [3.63, 3.8) is 0 Å². The maximum atomic E-state index is 12.2. The Morgan fingerprint density at radius 2 is 1.75 bits per heavy atom. The number of cyclic esters (lactones) is 2. The minimum Gasteiger partial charge on any atom is -0.493 e. The average Bonchev–Trinajstić information content (AvgIpc) is 2.62. The molecule has 2 aromatic carbocycles. The van der Waals surface area contributed by atoms with Crippen LogP contribution in [0.4, 0.5) is 0 Å². The molecule has 1 aliphatic rings. The zero-order valence-corrected chi connectivity index (χ0v) is 16.4. The van der Waals surface area contributed by atoms with Crippen LogP contribution in [0.2, 0.25) is 5.02 Å². The topological polar surface area (TPSA) is 71.1 Å². The molecule has 0 amide bonds. The maximum Gasteiger partial charge on any atom is 0.348 e. The van der Waals surface area contributed by atoms with Crippen molar-refractivity contribution in [1.82, 2.24) is 0 Å². The third kappa shape index (κ3) is 4.46. The van der Waals surface area contributed by atoms with Gasteiger partial charge in [-0.3, -0.25) is 0 Å². The number of benzene rings is 2. The van der Waals surface area contributed by atoms with Crippen LogP contribution >= 0.6 is 11.6 Å². The molecule has 146 valence electrons. The fraction of sp³-hybridized carbons (Fsp3) is 0.238. The van der Waals surface area contributed by atoms with Crippen molar-refractivity contribution in [1.29, 1.82) is 0 Å². The van der Waals surface area contributed by atoms with Gasteiger partial charge < -0.3 is 18.9 Å². The second-order valence-corrected chi connectivity index (χ2v) is 6.97. The molecule has 2 aromatic rings. The predicted molar refractivity (Wildman–Crippen MR) is 103 cm³/mol. The summed E-state index contributed by atoms with van der Waals surface area (Å²) in [5, 5.41) is 0.596. The Morgan fingerprint density at radius 1 is 1.07 bits per heavy atom. The molecule has 1 saturated heterocycles. The Kier molecular flexibility index (Phi) is 5.61. The van der Waals surface area contributed by atoms with Crippen LogP contribution in [0.5, 0.6) is 11.5 Å². The molecule has 0 spiro atoms. The molecule has 3 rings (SSSR count). The molecular weight excluding hydrogens is 384 g/mol. The predicted octanol–water partition coefficient (Wildman–Crippen LogP) is 4.15. The van der Waals surface area contributed by atoms with Crippen LogP contribution in [0.25, 0.3) is 6.08 Å². The molecule has 1 fully saturated rings. The van der Waals surface area contributed by atoms with Crippen LogP contribution < -0.4 is 9.47 Å². The van der Waals surface area contributed by atoms with Gasteiger partial charge in [0, 0.05) is 24.4 Å². The van der Waals surface area contributed by atoms with E-state index in [0.29, 0.717) is 22.1 Å². The summed E-state index contributed by atoms with van der Waals surface area (Å²) in [7, 11) is 1.50. The zero-order chi connectivity index (χ0) is 20.3. The third-order valence-electron chi connectivity index (χ3n) is 3.92. The molecule has 0 aliphatic carbocycles. The first-order valence-corrected chi connectivity index (χ1v) is 8.89. The van der Waals surface area contributed by atoms with E-state index in [1.54, 1.807) is 30.3 Å². The molecule has 1 aliphatic heterocycles. The highest BCUT2D eigenvalue weighted by molar-refractivity contribution is 6.30. The van der Waals surface area contributed by atoms with Crippen LogP contribution in [0.3, 0.4) is 0 Å². The summed E-state index contributed by atoms with van der Waals surface area (Å²) in [5.74, 6) is -1.99. The van der Waals surface area contributed by atoms with E-state index in [-0.39, 0.29) is 12.2 Å². The Hall–Kier alpha value is -2.99. The normalized spacial score (nSPS) is 15.5. The summed E-state index contributed by atoms with van der Waals surface area (Å²) >= 11 is 6.01. The van der Waals surface area contributed by atoms with E-state index >= 15 is 0 Å². The Balaban J connectivity index is 1.93. The molecule has 0 atom stereocenters. The molecule has 0 unspecified atom stereocenters. The van der Waals surface area contributed by atoms with Crippen molar-refractivity contribution in [2.75, 3.05) is 7.11 Å². The highest BCUT2D eigenvalue weighted by Crippen LogP contribution is 2.34. The molecule has 28 heavy (non-hydrogen) atoms. The van der Waals surface area contributed by atoms with Crippen molar-refractivity contribution in [3.05, 3.63) is 64.2 Å². The lowest BCUT2D eigenvalue weighted by molar-refractivity contribution is -0.222. The van der Waals surface area contributed by atoms with E-state index in [9.17, 15) is 9.59 Å². The quantitative estimate of drug-likeness (QED) is 0.425. The first-order valence-electron chi connectivity index (χ1n) is 8.52. The number of esters is 2. The minimum atomic E-state index is -1.30. The van der Waals surface area contributed by atoms with Gasteiger partial charge in [-0.05, 0) is 29.8 Å². The lowest BCUT2D eigenvalue weighted by Gasteiger charge is -2.29. The van der Waals surface area contributed by atoms with Crippen molar-refractivity contribution in [2.24, 2.45) is 0 Å². The van der Waals surface area contributed by atoms with E-state index in [4.69, 9.17) is 30.5 Å². The molecule has 6 nitrogen and oxygen atoms in total. The molecule has 0 aromatic heterocycles. The lowest BCUT2D eigenvalue weighted by Crippen LogP contribution is -2.41. The van der Waals surface area contributed by atoms with Crippen molar-refractivity contribution >= 4 is 29.6 Å². The zero-order valence-electron chi connectivity index (χ0n) is 15.7. The van der Waals surface area contributed by atoms with Crippen molar-refractivity contribution < 1.29 is 28.5 Å². The number of hydrogen-bond acceptors (Lipinski definition) is 6. The highest BCUT2D eigenvalue weighted by atomic mass is 35.5. The summed E-state index contributed by atoms with van der Waals surface area (Å²) in [6, 6.07) is 12.4. The van der Waals surface area contributed by atoms with Gasteiger partial charge in [0.2, 0.25) is 0 Å². The molecule has 0 bridgehead atoms. The van der Waals surface area contributed by atoms with Gasteiger partial charge in [0.15, 0.2) is 11.5 Å². The summed E-state index contributed by atoms with van der Waals surface area (Å²) in [4.78, 5) is 24.5. The van der Waals surface area contributed by atoms with Crippen LogP contribution in [0.15, 0.2) is 48.0 Å². The Morgan fingerprint density at radius 3 is 2.39 bits per heavy atom. The van der Waals surface area contributed by atoms with Crippen molar-refractivity contribution in [2.45, 2.75) is 26.2 Å². The van der Waals surface area contributed by atoms with E-state index in [1.807, 2.05) is 12.1 Å². The third-order valence-corrected chi connectivity index (χ3v) is 4.15. The smallest absolute Gasteiger partial charge is 0.348 e. The second-order valence-electron chi connectivity index (χ2n) is 6.53. The van der Waals surface area contributed by atoms with Gasteiger partial charge >= 0.3 is 11.9 Å². The van der Waals surface area contributed by atoms with Gasteiger partial charge in [-0.2, -0.15) is 0 Å². The summed E-state index contributed by atoms with van der Waals surface area (Å²) in [6.07, 6.45) is 1.37. The SMILES string of the molecule is COc1cccc(C=C2C(=O)OC(C)(C)OC2=O)c1OCc1cccc(Cl)c1. The van der Waals surface area contributed by atoms with Crippen LogP contribution in [0.1, 0.15) is 25.0 Å². The standard InChI is InChI=1S/C21H19ClO6/c1-21(2)27-19(23)16(20(24)28-21)11-14-7-5-9-17(25-3)18(14)26-12-13-6-4-8-15(22)10-13/h4-11H,12H2,1-3H3. The summed E-state index contributed by atoms with van der Waals surface area (Å²) in [5.41, 5.74) is 1.11. The van der Waals surface area contributed by atoms with E-state index in [0.717, 1.165) is 5.56 Å². The van der Waals surface area contributed by atoms with Gasteiger partial charge in [0.25, 0.3) is 5.79 Å². The summed E-state index contributed by atoms with van der Waals surface area (Å²) < 4.78 is 21.5. The number of carbonyl (C=O) groups excluding carboxylic acids is 2. The van der Waals surface area contributed by atoms with Gasteiger partial charge in [0.1, 0.15) is 12.2 Å². The molecule has 7 heteroatoms.